The van der Waals surface area contributed by atoms with Crippen LogP contribution in [-0.2, 0) is 6.54 Å². The zero-order valence-electron chi connectivity index (χ0n) is 12.6. The van der Waals surface area contributed by atoms with Gasteiger partial charge in [-0.05, 0) is 36.9 Å². The first-order chi connectivity index (χ1) is 9.05. The summed E-state index contributed by atoms with van der Waals surface area (Å²) in [7, 11) is 0. The van der Waals surface area contributed by atoms with Crippen molar-refractivity contribution < 1.29 is 4.42 Å². The molecular formula is C16H28N2O. The van der Waals surface area contributed by atoms with Crippen LogP contribution in [0.25, 0.3) is 0 Å². The van der Waals surface area contributed by atoms with Gasteiger partial charge in [0.1, 0.15) is 5.76 Å². The minimum Gasteiger partial charge on any atom is -0.468 e. The molecule has 3 heteroatoms. The molecule has 0 bridgehead atoms. The molecule has 1 aromatic heterocycles. The Balaban J connectivity index is 2.26. The minimum atomic E-state index is 0.104. The maximum atomic E-state index is 6.25. The maximum Gasteiger partial charge on any atom is 0.117 e. The van der Waals surface area contributed by atoms with E-state index >= 15 is 0 Å². The molecule has 1 heterocycles. The summed E-state index contributed by atoms with van der Waals surface area (Å²) in [4.78, 5) is 2.53. The Hall–Kier alpha value is -0.800. The zero-order chi connectivity index (χ0) is 13.9. The summed E-state index contributed by atoms with van der Waals surface area (Å²) in [6, 6.07) is 4.02. The molecule has 108 valence electrons. The third-order valence-electron chi connectivity index (χ3n) is 5.15. The fraction of sp³-hybridized carbons (Fsp3) is 0.750. The number of rotatable bonds is 5. The molecule has 1 aromatic rings. The molecule has 0 amide bonds. The average molecular weight is 264 g/mol. The third kappa shape index (κ3) is 2.59. The molecule has 1 unspecified atom stereocenters. The van der Waals surface area contributed by atoms with E-state index in [9.17, 15) is 0 Å². The second-order valence-corrected chi connectivity index (χ2v) is 6.42. The Kier molecular flexibility index (Phi) is 4.36. The van der Waals surface area contributed by atoms with E-state index in [0.29, 0.717) is 0 Å². The standard InChI is InChI=1S/C16H28N2O/c1-4-18(12-14-8-7-11-19-14)16(13-17)10-6-5-9-15(16,2)3/h7-8,11H,4-6,9-10,12-13,17H2,1-3H3. The van der Waals surface area contributed by atoms with Crippen LogP contribution in [0.1, 0.15) is 52.2 Å². The topological polar surface area (TPSA) is 42.4 Å². The van der Waals surface area contributed by atoms with Crippen molar-refractivity contribution in [2.45, 2.75) is 58.5 Å². The fourth-order valence-corrected chi connectivity index (χ4v) is 3.81. The van der Waals surface area contributed by atoms with E-state index in [4.69, 9.17) is 10.2 Å². The lowest BCUT2D eigenvalue weighted by Gasteiger charge is -2.55. The molecule has 3 nitrogen and oxygen atoms in total. The number of hydrogen-bond acceptors (Lipinski definition) is 3. The molecule has 0 aliphatic heterocycles. The molecule has 0 aromatic carbocycles. The van der Waals surface area contributed by atoms with Crippen LogP contribution in [0.5, 0.6) is 0 Å². The molecule has 2 rings (SSSR count). The smallest absolute Gasteiger partial charge is 0.117 e. The summed E-state index contributed by atoms with van der Waals surface area (Å²) in [5.41, 5.74) is 6.62. The van der Waals surface area contributed by atoms with E-state index in [0.717, 1.165) is 25.4 Å². The normalized spacial score (nSPS) is 26.8. The van der Waals surface area contributed by atoms with Crippen molar-refractivity contribution in [3.05, 3.63) is 24.2 Å². The molecule has 1 aliphatic carbocycles. The molecule has 1 fully saturated rings. The van der Waals surface area contributed by atoms with Crippen LogP contribution in [0.2, 0.25) is 0 Å². The lowest BCUT2D eigenvalue weighted by Crippen LogP contribution is -2.63. The van der Waals surface area contributed by atoms with E-state index in [1.54, 1.807) is 6.26 Å². The summed E-state index contributed by atoms with van der Waals surface area (Å²) in [6.45, 7) is 9.60. The quantitative estimate of drug-likeness (QED) is 0.886. The highest BCUT2D eigenvalue weighted by Crippen LogP contribution is 2.47. The van der Waals surface area contributed by atoms with E-state index in [-0.39, 0.29) is 11.0 Å². The van der Waals surface area contributed by atoms with Gasteiger partial charge in [-0.2, -0.15) is 0 Å². The summed E-state index contributed by atoms with van der Waals surface area (Å²) in [5.74, 6) is 1.04. The number of nitrogens with two attached hydrogens (primary N) is 1. The van der Waals surface area contributed by atoms with Gasteiger partial charge in [0.15, 0.2) is 0 Å². The summed E-state index contributed by atoms with van der Waals surface area (Å²) in [5, 5.41) is 0. The van der Waals surface area contributed by atoms with E-state index < -0.39 is 0 Å². The van der Waals surface area contributed by atoms with Gasteiger partial charge in [0.05, 0.1) is 12.8 Å². The number of nitrogens with zero attached hydrogens (tertiary/aromatic N) is 1. The van der Waals surface area contributed by atoms with Gasteiger partial charge in [-0.25, -0.2) is 0 Å². The Morgan fingerprint density at radius 3 is 2.58 bits per heavy atom. The van der Waals surface area contributed by atoms with Gasteiger partial charge in [-0.15, -0.1) is 0 Å². The van der Waals surface area contributed by atoms with E-state index in [1.165, 1.54) is 25.7 Å². The molecule has 1 atom stereocenters. The van der Waals surface area contributed by atoms with Gasteiger partial charge < -0.3 is 10.2 Å². The Bertz CT molecular complexity index is 385. The van der Waals surface area contributed by atoms with Crippen molar-refractivity contribution in [3.8, 4) is 0 Å². The highest BCUT2D eigenvalue weighted by Gasteiger charge is 2.49. The van der Waals surface area contributed by atoms with Gasteiger partial charge in [0.25, 0.3) is 0 Å². The average Bonchev–Trinajstić information content (AvgIpc) is 2.89. The number of hydrogen-bond donors (Lipinski definition) is 1. The number of furan rings is 1. The minimum absolute atomic E-state index is 0.104. The van der Waals surface area contributed by atoms with Crippen molar-refractivity contribution in [1.82, 2.24) is 4.90 Å². The lowest BCUT2D eigenvalue weighted by atomic mass is 9.62. The Labute approximate surface area is 117 Å². The third-order valence-corrected chi connectivity index (χ3v) is 5.15. The largest absolute Gasteiger partial charge is 0.468 e. The van der Waals surface area contributed by atoms with Crippen molar-refractivity contribution in [2.24, 2.45) is 11.1 Å². The monoisotopic (exact) mass is 264 g/mol. The highest BCUT2D eigenvalue weighted by molar-refractivity contribution is 5.07. The molecule has 19 heavy (non-hydrogen) atoms. The summed E-state index contributed by atoms with van der Waals surface area (Å²) < 4.78 is 5.53. The predicted octanol–water partition coefficient (Wildman–Crippen LogP) is 3.40. The van der Waals surface area contributed by atoms with Crippen molar-refractivity contribution in [2.75, 3.05) is 13.1 Å². The summed E-state index contributed by atoms with van der Waals surface area (Å²) >= 11 is 0. The van der Waals surface area contributed by atoms with Gasteiger partial charge >= 0.3 is 0 Å². The van der Waals surface area contributed by atoms with Crippen molar-refractivity contribution >= 4 is 0 Å². The Morgan fingerprint density at radius 2 is 2.05 bits per heavy atom. The first-order valence-corrected chi connectivity index (χ1v) is 7.53. The molecule has 1 aliphatic rings. The lowest BCUT2D eigenvalue weighted by molar-refractivity contribution is -0.0492. The number of likely N-dealkylation sites (N-methyl/N-ethyl adjacent to an activating group) is 1. The fourth-order valence-electron chi connectivity index (χ4n) is 3.81. The predicted molar refractivity (Wildman–Crippen MR) is 78.8 cm³/mol. The van der Waals surface area contributed by atoms with E-state index in [1.807, 2.05) is 6.07 Å². The van der Waals surface area contributed by atoms with Crippen LogP contribution < -0.4 is 5.73 Å². The molecular weight excluding hydrogens is 236 g/mol. The van der Waals surface area contributed by atoms with Gasteiger partial charge in [0.2, 0.25) is 0 Å². The van der Waals surface area contributed by atoms with Crippen LogP contribution >= 0.6 is 0 Å². The molecule has 0 saturated heterocycles. The molecule has 2 N–H and O–H groups in total. The first kappa shape index (κ1) is 14.6. The second kappa shape index (κ2) is 5.68. The summed E-state index contributed by atoms with van der Waals surface area (Å²) in [6.07, 6.45) is 6.83. The van der Waals surface area contributed by atoms with Crippen LogP contribution in [-0.4, -0.2) is 23.5 Å². The molecule has 0 spiro atoms. The van der Waals surface area contributed by atoms with Crippen molar-refractivity contribution in [1.29, 1.82) is 0 Å². The van der Waals surface area contributed by atoms with E-state index in [2.05, 4.69) is 31.7 Å². The van der Waals surface area contributed by atoms with Crippen LogP contribution in [0, 0.1) is 5.41 Å². The first-order valence-electron chi connectivity index (χ1n) is 7.53. The molecule has 0 radical (unpaired) electrons. The molecule has 1 saturated carbocycles. The van der Waals surface area contributed by atoms with Crippen LogP contribution in [0.4, 0.5) is 0 Å². The van der Waals surface area contributed by atoms with Crippen molar-refractivity contribution in [3.63, 3.8) is 0 Å². The SMILES string of the molecule is CCN(Cc1ccco1)C1(CN)CCCCC1(C)C. The van der Waals surface area contributed by atoms with Gasteiger partial charge in [-0.3, -0.25) is 4.90 Å². The zero-order valence-corrected chi connectivity index (χ0v) is 12.6. The van der Waals surface area contributed by atoms with Crippen LogP contribution in [0.3, 0.4) is 0 Å². The Morgan fingerprint density at radius 1 is 1.32 bits per heavy atom. The maximum absolute atomic E-state index is 6.25. The van der Waals surface area contributed by atoms with Gasteiger partial charge in [-0.1, -0.05) is 33.6 Å². The van der Waals surface area contributed by atoms with Gasteiger partial charge in [0, 0.05) is 12.1 Å². The van der Waals surface area contributed by atoms with Crippen LogP contribution in [0.15, 0.2) is 22.8 Å². The highest BCUT2D eigenvalue weighted by atomic mass is 16.3. The second-order valence-electron chi connectivity index (χ2n) is 6.42.